The molecule has 0 aliphatic carbocycles. The van der Waals surface area contributed by atoms with Gasteiger partial charge in [-0.25, -0.2) is 17.8 Å². The Kier molecular flexibility index (Phi) is 4.90. The fourth-order valence-electron chi connectivity index (χ4n) is 2.40. The summed E-state index contributed by atoms with van der Waals surface area (Å²) in [6.45, 7) is 3.51. The number of pyridine rings is 1. The molecule has 0 radical (unpaired) electrons. The predicted octanol–water partition coefficient (Wildman–Crippen LogP) is 4.38. The summed E-state index contributed by atoms with van der Waals surface area (Å²) in [5, 5.41) is 3.15. The predicted molar refractivity (Wildman–Crippen MR) is 101 cm³/mol. The molecule has 2 N–H and O–H groups in total. The van der Waals surface area contributed by atoms with Crippen LogP contribution in [0.2, 0.25) is 0 Å². The second kappa shape index (κ2) is 7.13. The van der Waals surface area contributed by atoms with E-state index in [1.165, 1.54) is 25.3 Å². The van der Waals surface area contributed by atoms with Gasteiger partial charge >= 0.3 is 0 Å². The smallest absolute Gasteiger partial charge is 0.261 e. The maximum absolute atomic E-state index is 13.3. The van der Waals surface area contributed by atoms with Crippen LogP contribution in [0, 0.1) is 19.7 Å². The lowest BCUT2D eigenvalue weighted by Crippen LogP contribution is -2.13. The molecule has 26 heavy (non-hydrogen) atoms. The third-order valence-corrected chi connectivity index (χ3v) is 5.12. The summed E-state index contributed by atoms with van der Waals surface area (Å²) >= 11 is 0. The number of aryl methyl sites for hydroxylation is 2. The van der Waals surface area contributed by atoms with Gasteiger partial charge in [0, 0.05) is 5.69 Å². The standard InChI is InChI=1S/C19H18FN3O2S/c1-13-4-3-5-15(10-13)22-19-9-6-16(12-21-19)23-26(24,25)17-7-8-18(20)14(2)11-17/h3-12,23H,1-2H3,(H,21,22). The third kappa shape index (κ3) is 4.18. The summed E-state index contributed by atoms with van der Waals surface area (Å²) in [6.07, 6.45) is 1.42. The number of hydrogen-bond acceptors (Lipinski definition) is 4. The van der Waals surface area contributed by atoms with Crippen LogP contribution in [0.3, 0.4) is 0 Å². The Bertz CT molecular complexity index is 1030. The number of benzene rings is 2. The summed E-state index contributed by atoms with van der Waals surface area (Å²) < 4.78 is 40.6. The van der Waals surface area contributed by atoms with Crippen molar-refractivity contribution in [2.75, 3.05) is 10.0 Å². The van der Waals surface area contributed by atoms with Gasteiger partial charge in [0.1, 0.15) is 11.6 Å². The summed E-state index contributed by atoms with van der Waals surface area (Å²) in [5.41, 5.74) is 2.60. The first-order valence-corrected chi connectivity index (χ1v) is 9.40. The minimum absolute atomic E-state index is 0.00152. The molecule has 3 rings (SSSR count). The molecule has 7 heteroatoms. The zero-order valence-corrected chi connectivity index (χ0v) is 15.1. The minimum atomic E-state index is -3.81. The van der Waals surface area contributed by atoms with Crippen LogP contribution in [0.25, 0.3) is 0 Å². The molecule has 3 aromatic rings. The molecule has 1 heterocycles. The van der Waals surface area contributed by atoms with Gasteiger partial charge in [-0.1, -0.05) is 12.1 Å². The van der Waals surface area contributed by atoms with Crippen molar-refractivity contribution in [3.63, 3.8) is 0 Å². The van der Waals surface area contributed by atoms with Gasteiger partial charge in [0.05, 0.1) is 16.8 Å². The molecule has 0 spiro atoms. The van der Waals surface area contributed by atoms with E-state index in [4.69, 9.17) is 0 Å². The Hall–Kier alpha value is -2.93. The van der Waals surface area contributed by atoms with E-state index in [0.717, 1.165) is 17.3 Å². The van der Waals surface area contributed by atoms with E-state index in [2.05, 4.69) is 15.0 Å². The number of aromatic nitrogens is 1. The van der Waals surface area contributed by atoms with E-state index < -0.39 is 15.8 Å². The number of hydrogen-bond donors (Lipinski definition) is 2. The van der Waals surface area contributed by atoms with Crippen molar-refractivity contribution in [3.05, 3.63) is 77.7 Å². The van der Waals surface area contributed by atoms with Crippen LogP contribution >= 0.6 is 0 Å². The average Bonchev–Trinajstić information content (AvgIpc) is 2.59. The van der Waals surface area contributed by atoms with Crippen molar-refractivity contribution in [2.24, 2.45) is 0 Å². The van der Waals surface area contributed by atoms with E-state index in [1.807, 2.05) is 31.2 Å². The summed E-state index contributed by atoms with van der Waals surface area (Å²) in [6, 6.07) is 14.8. The van der Waals surface area contributed by atoms with E-state index >= 15 is 0 Å². The lowest BCUT2D eigenvalue weighted by atomic mass is 10.2. The number of sulfonamides is 1. The van der Waals surface area contributed by atoms with E-state index in [-0.39, 0.29) is 10.5 Å². The van der Waals surface area contributed by atoms with Crippen molar-refractivity contribution >= 4 is 27.2 Å². The molecule has 0 aliphatic rings. The second-order valence-corrected chi connectivity index (χ2v) is 7.63. The number of halogens is 1. The highest BCUT2D eigenvalue weighted by Gasteiger charge is 2.15. The third-order valence-electron chi connectivity index (χ3n) is 3.75. The van der Waals surface area contributed by atoms with Gasteiger partial charge in [-0.2, -0.15) is 0 Å². The van der Waals surface area contributed by atoms with Crippen LogP contribution in [0.4, 0.5) is 21.6 Å². The Morgan fingerprint density at radius 3 is 2.42 bits per heavy atom. The van der Waals surface area contributed by atoms with Gasteiger partial charge in [-0.05, 0) is 67.4 Å². The van der Waals surface area contributed by atoms with Crippen molar-refractivity contribution in [1.82, 2.24) is 4.98 Å². The van der Waals surface area contributed by atoms with Crippen LogP contribution in [0.1, 0.15) is 11.1 Å². The SMILES string of the molecule is Cc1cccc(Nc2ccc(NS(=O)(=O)c3ccc(F)c(C)c3)cn2)c1. The maximum Gasteiger partial charge on any atom is 0.261 e. The zero-order valence-electron chi connectivity index (χ0n) is 14.3. The Balaban J connectivity index is 1.75. The lowest BCUT2D eigenvalue weighted by molar-refractivity contribution is 0.598. The molecule has 0 saturated heterocycles. The first-order valence-electron chi connectivity index (χ1n) is 7.92. The molecule has 0 saturated carbocycles. The number of rotatable bonds is 5. The molecule has 134 valence electrons. The fourth-order valence-corrected chi connectivity index (χ4v) is 3.53. The van der Waals surface area contributed by atoms with Gasteiger partial charge in [0.2, 0.25) is 0 Å². The molecular formula is C19H18FN3O2S. The second-order valence-electron chi connectivity index (χ2n) is 5.94. The van der Waals surface area contributed by atoms with Gasteiger partial charge in [0.15, 0.2) is 0 Å². The average molecular weight is 371 g/mol. The quantitative estimate of drug-likeness (QED) is 0.698. The van der Waals surface area contributed by atoms with E-state index in [1.54, 1.807) is 12.1 Å². The van der Waals surface area contributed by atoms with Gasteiger partial charge < -0.3 is 5.32 Å². The molecule has 0 atom stereocenters. The van der Waals surface area contributed by atoms with Gasteiger partial charge in [-0.15, -0.1) is 0 Å². The largest absolute Gasteiger partial charge is 0.340 e. The highest BCUT2D eigenvalue weighted by Crippen LogP contribution is 2.20. The molecule has 0 unspecified atom stereocenters. The molecule has 0 amide bonds. The minimum Gasteiger partial charge on any atom is -0.340 e. The van der Waals surface area contributed by atoms with Crippen LogP contribution in [-0.4, -0.2) is 13.4 Å². The summed E-state index contributed by atoms with van der Waals surface area (Å²) in [5.74, 6) is 0.147. The van der Waals surface area contributed by atoms with Crippen LogP contribution in [0.15, 0.2) is 65.7 Å². The van der Waals surface area contributed by atoms with Crippen LogP contribution in [0.5, 0.6) is 0 Å². The Labute approximate surface area is 152 Å². The molecular weight excluding hydrogens is 353 g/mol. The number of nitrogens with one attached hydrogen (secondary N) is 2. The molecule has 0 fully saturated rings. The lowest BCUT2D eigenvalue weighted by Gasteiger charge is -2.10. The molecule has 2 aromatic carbocycles. The maximum atomic E-state index is 13.3. The van der Waals surface area contributed by atoms with Gasteiger partial charge in [-0.3, -0.25) is 4.72 Å². The summed E-state index contributed by atoms with van der Waals surface area (Å²) in [4.78, 5) is 4.21. The monoisotopic (exact) mass is 371 g/mol. The topological polar surface area (TPSA) is 71.1 Å². The summed E-state index contributed by atoms with van der Waals surface area (Å²) in [7, 11) is -3.81. The van der Waals surface area contributed by atoms with Crippen molar-refractivity contribution < 1.29 is 12.8 Å². The van der Waals surface area contributed by atoms with Crippen molar-refractivity contribution in [1.29, 1.82) is 0 Å². The number of anilines is 3. The van der Waals surface area contributed by atoms with Crippen molar-refractivity contribution in [2.45, 2.75) is 18.7 Å². The highest BCUT2D eigenvalue weighted by atomic mass is 32.2. The number of nitrogens with zero attached hydrogens (tertiary/aromatic N) is 1. The zero-order chi connectivity index (χ0) is 18.7. The first kappa shape index (κ1) is 17.9. The van der Waals surface area contributed by atoms with E-state index in [9.17, 15) is 12.8 Å². The normalized spacial score (nSPS) is 11.2. The molecule has 1 aromatic heterocycles. The first-order chi connectivity index (χ1) is 12.3. The van der Waals surface area contributed by atoms with Crippen molar-refractivity contribution in [3.8, 4) is 0 Å². The van der Waals surface area contributed by atoms with Gasteiger partial charge in [0.25, 0.3) is 10.0 Å². The van der Waals surface area contributed by atoms with Crippen LogP contribution in [-0.2, 0) is 10.0 Å². The van der Waals surface area contributed by atoms with Crippen LogP contribution < -0.4 is 10.0 Å². The Morgan fingerprint density at radius 2 is 1.77 bits per heavy atom. The fraction of sp³-hybridized carbons (Fsp3) is 0.105. The Morgan fingerprint density at radius 1 is 0.962 bits per heavy atom. The molecule has 5 nitrogen and oxygen atoms in total. The van der Waals surface area contributed by atoms with E-state index in [0.29, 0.717) is 11.5 Å². The highest BCUT2D eigenvalue weighted by molar-refractivity contribution is 7.92. The molecule has 0 bridgehead atoms. The molecule has 0 aliphatic heterocycles.